The van der Waals surface area contributed by atoms with Gasteiger partial charge < -0.3 is 10.6 Å². The number of hydrogen-bond acceptors (Lipinski definition) is 4. The van der Waals surface area contributed by atoms with E-state index in [2.05, 4.69) is 25.9 Å². The van der Waals surface area contributed by atoms with Gasteiger partial charge in [0.05, 0.1) is 17.2 Å². The van der Waals surface area contributed by atoms with Crippen LogP contribution in [0.15, 0.2) is 10.7 Å². The van der Waals surface area contributed by atoms with Crippen molar-refractivity contribution in [2.24, 2.45) is 11.1 Å². The highest BCUT2D eigenvalue weighted by Crippen LogP contribution is 2.25. The zero-order valence-electron chi connectivity index (χ0n) is 11.4. The molecule has 6 heteroatoms. The Kier molecular flexibility index (Phi) is 5.07. The number of ketones is 1. The second-order valence-corrected chi connectivity index (χ2v) is 6.14. The highest BCUT2D eigenvalue weighted by atomic mass is 79.9. The SMILES string of the molecule is CN(C)CCn1ncc(Br)c1C(=O)C(C)(C)CN. The number of nitrogens with zero attached hydrogens (tertiary/aromatic N) is 3. The Morgan fingerprint density at radius 2 is 2.17 bits per heavy atom. The van der Waals surface area contributed by atoms with Gasteiger partial charge in [0.2, 0.25) is 0 Å². The van der Waals surface area contributed by atoms with E-state index in [4.69, 9.17) is 5.73 Å². The maximum absolute atomic E-state index is 12.5. The quantitative estimate of drug-likeness (QED) is 0.805. The average Bonchev–Trinajstić information content (AvgIpc) is 2.66. The van der Waals surface area contributed by atoms with Gasteiger partial charge in [-0.05, 0) is 30.0 Å². The van der Waals surface area contributed by atoms with Crippen LogP contribution in [0, 0.1) is 5.41 Å². The van der Waals surface area contributed by atoms with Gasteiger partial charge in [-0.1, -0.05) is 13.8 Å². The van der Waals surface area contributed by atoms with Gasteiger partial charge in [-0.15, -0.1) is 0 Å². The second kappa shape index (κ2) is 5.95. The van der Waals surface area contributed by atoms with Crippen LogP contribution in [0.25, 0.3) is 0 Å². The third-order valence-corrected chi connectivity index (χ3v) is 3.47. The fourth-order valence-electron chi connectivity index (χ4n) is 1.47. The van der Waals surface area contributed by atoms with Gasteiger partial charge in [0.25, 0.3) is 0 Å². The van der Waals surface area contributed by atoms with Crippen molar-refractivity contribution in [1.29, 1.82) is 0 Å². The summed E-state index contributed by atoms with van der Waals surface area (Å²) in [5.74, 6) is 0.0214. The molecule has 0 saturated carbocycles. The number of likely N-dealkylation sites (N-methyl/N-ethyl adjacent to an activating group) is 1. The lowest BCUT2D eigenvalue weighted by atomic mass is 9.86. The lowest BCUT2D eigenvalue weighted by Gasteiger charge is -2.21. The summed E-state index contributed by atoms with van der Waals surface area (Å²) in [4.78, 5) is 14.5. The van der Waals surface area contributed by atoms with Crippen LogP contribution in [0.1, 0.15) is 24.3 Å². The third-order valence-electron chi connectivity index (χ3n) is 2.89. The highest BCUT2D eigenvalue weighted by molar-refractivity contribution is 9.10. The molecule has 102 valence electrons. The lowest BCUT2D eigenvalue weighted by Crippen LogP contribution is -2.35. The molecule has 1 rings (SSSR count). The zero-order chi connectivity index (χ0) is 13.9. The fraction of sp³-hybridized carbons (Fsp3) is 0.667. The Morgan fingerprint density at radius 3 is 2.67 bits per heavy atom. The highest BCUT2D eigenvalue weighted by Gasteiger charge is 2.31. The van der Waals surface area contributed by atoms with Gasteiger partial charge in [-0.2, -0.15) is 5.10 Å². The summed E-state index contributed by atoms with van der Waals surface area (Å²) < 4.78 is 2.47. The fourth-order valence-corrected chi connectivity index (χ4v) is 1.94. The van der Waals surface area contributed by atoms with E-state index in [0.29, 0.717) is 18.8 Å². The molecule has 0 spiro atoms. The van der Waals surface area contributed by atoms with Crippen molar-refractivity contribution in [3.8, 4) is 0 Å². The van der Waals surface area contributed by atoms with Crippen LogP contribution >= 0.6 is 15.9 Å². The first kappa shape index (κ1) is 15.3. The summed E-state index contributed by atoms with van der Waals surface area (Å²) in [6, 6.07) is 0. The minimum absolute atomic E-state index is 0.0214. The van der Waals surface area contributed by atoms with Crippen LogP contribution in [0.5, 0.6) is 0 Å². The molecule has 0 saturated heterocycles. The van der Waals surface area contributed by atoms with E-state index in [1.165, 1.54) is 0 Å². The van der Waals surface area contributed by atoms with Crippen LogP contribution in [-0.4, -0.2) is 47.6 Å². The van der Waals surface area contributed by atoms with E-state index in [9.17, 15) is 4.79 Å². The molecule has 1 heterocycles. The van der Waals surface area contributed by atoms with Crippen LogP contribution in [0.2, 0.25) is 0 Å². The number of aromatic nitrogens is 2. The Hall–Kier alpha value is -0.720. The first-order valence-electron chi connectivity index (χ1n) is 5.90. The number of rotatable bonds is 6. The van der Waals surface area contributed by atoms with Crippen LogP contribution in [0.3, 0.4) is 0 Å². The summed E-state index contributed by atoms with van der Waals surface area (Å²) in [5, 5.41) is 4.24. The molecule has 0 aliphatic heterocycles. The first-order valence-corrected chi connectivity index (χ1v) is 6.70. The number of halogens is 1. The predicted octanol–water partition coefficient (Wildman–Crippen LogP) is 1.37. The Morgan fingerprint density at radius 1 is 1.56 bits per heavy atom. The van der Waals surface area contributed by atoms with Gasteiger partial charge in [-0.3, -0.25) is 9.48 Å². The van der Waals surface area contributed by atoms with E-state index in [0.717, 1.165) is 11.0 Å². The summed E-state index contributed by atoms with van der Waals surface area (Å²) in [6.45, 7) is 5.53. The standard InChI is InChI=1S/C12H21BrN4O/c1-12(2,8-14)11(18)10-9(13)7-15-17(10)6-5-16(3)4/h7H,5-6,8,14H2,1-4H3. The van der Waals surface area contributed by atoms with Crippen molar-refractivity contribution in [3.05, 3.63) is 16.4 Å². The van der Waals surface area contributed by atoms with Gasteiger partial charge in [0.15, 0.2) is 5.78 Å². The number of carbonyl (C=O) groups is 1. The summed E-state index contributed by atoms with van der Waals surface area (Å²) in [5.41, 5.74) is 5.69. The van der Waals surface area contributed by atoms with Crippen molar-refractivity contribution in [2.45, 2.75) is 20.4 Å². The Bertz CT molecular complexity index is 426. The lowest BCUT2D eigenvalue weighted by molar-refractivity contribution is 0.0834. The van der Waals surface area contributed by atoms with Crippen molar-refractivity contribution in [2.75, 3.05) is 27.2 Å². The zero-order valence-corrected chi connectivity index (χ0v) is 13.0. The van der Waals surface area contributed by atoms with Gasteiger partial charge in [0, 0.05) is 18.5 Å². The molecule has 0 amide bonds. The molecular formula is C12H21BrN4O. The second-order valence-electron chi connectivity index (χ2n) is 5.28. The van der Waals surface area contributed by atoms with Gasteiger partial charge >= 0.3 is 0 Å². The first-order chi connectivity index (χ1) is 8.29. The molecule has 1 aromatic heterocycles. The van der Waals surface area contributed by atoms with E-state index in [-0.39, 0.29) is 5.78 Å². The van der Waals surface area contributed by atoms with Crippen LogP contribution < -0.4 is 5.73 Å². The smallest absolute Gasteiger partial charge is 0.188 e. The van der Waals surface area contributed by atoms with E-state index in [1.54, 1.807) is 10.9 Å². The molecule has 2 N–H and O–H groups in total. The van der Waals surface area contributed by atoms with Crippen molar-refractivity contribution >= 4 is 21.7 Å². The van der Waals surface area contributed by atoms with Crippen LogP contribution in [0.4, 0.5) is 0 Å². The monoisotopic (exact) mass is 316 g/mol. The van der Waals surface area contributed by atoms with Crippen molar-refractivity contribution in [3.63, 3.8) is 0 Å². The minimum atomic E-state index is -0.571. The maximum Gasteiger partial charge on any atom is 0.188 e. The molecule has 5 nitrogen and oxygen atoms in total. The predicted molar refractivity (Wildman–Crippen MR) is 75.6 cm³/mol. The summed E-state index contributed by atoms with van der Waals surface area (Å²) >= 11 is 3.39. The Balaban J connectivity index is 3.01. The molecule has 18 heavy (non-hydrogen) atoms. The molecule has 0 unspecified atom stereocenters. The normalized spacial score (nSPS) is 12.2. The molecule has 0 atom stereocenters. The molecule has 0 fully saturated rings. The molecule has 0 radical (unpaired) electrons. The maximum atomic E-state index is 12.5. The average molecular weight is 317 g/mol. The van der Waals surface area contributed by atoms with Crippen molar-refractivity contribution in [1.82, 2.24) is 14.7 Å². The van der Waals surface area contributed by atoms with Gasteiger partial charge in [0.1, 0.15) is 5.69 Å². The van der Waals surface area contributed by atoms with E-state index >= 15 is 0 Å². The molecule has 1 aromatic rings. The third kappa shape index (κ3) is 3.40. The summed E-state index contributed by atoms with van der Waals surface area (Å²) in [6.07, 6.45) is 1.66. The summed E-state index contributed by atoms with van der Waals surface area (Å²) in [7, 11) is 3.98. The van der Waals surface area contributed by atoms with Gasteiger partial charge in [-0.25, -0.2) is 0 Å². The van der Waals surface area contributed by atoms with E-state index < -0.39 is 5.41 Å². The number of nitrogens with two attached hydrogens (primary N) is 1. The Labute approximate surface area is 116 Å². The number of Topliss-reactive ketones (excluding diaryl/α,β-unsaturated/α-hetero) is 1. The van der Waals surface area contributed by atoms with Crippen molar-refractivity contribution < 1.29 is 4.79 Å². The molecule has 0 bridgehead atoms. The topological polar surface area (TPSA) is 64.2 Å². The number of carbonyl (C=O) groups excluding carboxylic acids is 1. The molecule has 0 aromatic carbocycles. The molecular weight excluding hydrogens is 296 g/mol. The molecule has 0 aliphatic carbocycles. The minimum Gasteiger partial charge on any atom is -0.329 e. The van der Waals surface area contributed by atoms with E-state index in [1.807, 2.05) is 27.9 Å². The molecule has 0 aliphatic rings. The van der Waals surface area contributed by atoms with Crippen LogP contribution in [-0.2, 0) is 6.54 Å². The largest absolute Gasteiger partial charge is 0.329 e. The number of hydrogen-bond donors (Lipinski definition) is 1.